The van der Waals surface area contributed by atoms with E-state index in [4.69, 9.17) is 35.3 Å². The minimum atomic E-state index is -0.0961. The van der Waals surface area contributed by atoms with Gasteiger partial charge in [0.25, 0.3) is 0 Å². The number of nitrogens with two attached hydrogens (primary N) is 2. The first-order valence-corrected chi connectivity index (χ1v) is 13.4. The number of oxime groups is 1. The molecule has 0 aliphatic rings. The molecule has 0 saturated carbocycles. The molecule has 226 valence electrons. The Kier molecular flexibility index (Phi) is 16.2. The highest BCUT2D eigenvalue weighted by molar-refractivity contribution is 5.97. The SMILES string of the molecule is CC(C)=NOCc1ccc(OCCOCCOCCOCCC(=O)NCc2ccc(/C(N)=N/N=C(/C)N)cc2)cc1.[HH]. The number of nitrogens with zero attached hydrogens (tertiary/aromatic N) is 3. The summed E-state index contributed by atoms with van der Waals surface area (Å²) in [5.41, 5.74) is 14.9. The van der Waals surface area contributed by atoms with E-state index in [-0.39, 0.29) is 19.6 Å². The summed E-state index contributed by atoms with van der Waals surface area (Å²) in [6.45, 7) is 9.18. The monoisotopic (exact) mass is 572 g/mol. The van der Waals surface area contributed by atoms with E-state index >= 15 is 0 Å². The summed E-state index contributed by atoms with van der Waals surface area (Å²) in [6, 6.07) is 15.0. The molecule has 12 nitrogen and oxygen atoms in total. The molecular formula is C29H44N6O6. The van der Waals surface area contributed by atoms with Gasteiger partial charge in [-0.25, -0.2) is 0 Å². The Bertz CT molecular complexity index is 1120. The summed E-state index contributed by atoms with van der Waals surface area (Å²) in [5.74, 6) is 1.26. The molecule has 0 fully saturated rings. The standard InChI is InChI=1S/C29H42N6O6.H2/c1-22(2)35-41-21-25-6-10-27(11-7-25)40-19-18-39-17-16-38-15-14-37-13-12-28(36)32-20-24-4-8-26(9-5-24)29(31)34-33-23(3)30;/h4-11H,12-21H2,1-3H3,(H2,30,33)(H2,31,34)(H,32,36);1H. The van der Waals surface area contributed by atoms with Crippen LogP contribution in [0.25, 0.3) is 0 Å². The van der Waals surface area contributed by atoms with Crippen LogP contribution >= 0.6 is 0 Å². The van der Waals surface area contributed by atoms with Crippen molar-refractivity contribution in [3.05, 3.63) is 65.2 Å². The molecule has 12 heteroatoms. The number of hydrogen-bond donors (Lipinski definition) is 3. The average molecular weight is 573 g/mol. The fraction of sp³-hybridized carbons (Fsp3) is 0.448. The van der Waals surface area contributed by atoms with Gasteiger partial charge in [0, 0.05) is 20.0 Å². The molecule has 0 heterocycles. The van der Waals surface area contributed by atoms with Crippen LogP contribution in [0.5, 0.6) is 5.75 Å². The van der Waals surface area contributed by atoms with Gasteiger partial charge in [0.2, 0.25) is 5.91 Å². The first kappa shape index (κ1) is 33.2. The van der Waals surface area contributed by atoms with Gasteiger partial charge in [0.1, 0.15) is 24.8 Å². The molecule has 0 spiro atoms. The van der Waals surface area contributed by atoms with Crippen LogP contribution in [0.4, 0.5) is 0 Å². The molecule has 2 rings (SSSR count). The molecule has 2 aromatic rings. The number of amides is 1. The third-order valence-corrected chi connectivity index (χ3v) is 5.17. The number of ether oxygens (including phenoxy) is 4. The molecule has 0 unspecified atom stereocenters. The van der Waals surface area contributed by atoms with Crippen LogP contribution in [0.2, 0.25) is 0 Å². The van der Waals surface area contributed by atoms with Crippen molar-refractivity contribution in [2.75, 3.05) is 46.2 Å². The molecule has 0 atom stereocenters. The Morgan fingerprint density at radius 1 is 0.780 bits per heavy atom. The van der Waals surface area contributed by atoms with Gasteiger partial charge in [-0.2, -0.15) is 0 Å². The zero-order valence-electron chi connectivity index (χ0n) is 24.1. The van der Waals surface area contributed by atoms with Gasteiger partial charge in [-0.15, -0.1) is 10.2 Å². The Labute approximate surface area is 243 Å². The van der Waals surface area contributed by atoms with E-state index in [2.05, 4.69) is 20.7 Å². The number of carbonyl (C=O) groups is 1. The highest BCUT2D eigenvalue weighted by atomic mass is 16.6. The zero-order chi connectivity index (χ0) is 29.7. The highest BCUT2D eigenvalue weighted by Crippen LogP contribution is 2.13. The van der Waals surface area contributed by atoms with Crippen LogP contribution < -0.4 is 21.5 Å². The zero-order valence-corrected chi connectivity index (χ0v) is 24.1. The number of rotatable bonds is 20. The predicted molar refractivity (Wildman–Crippen MR) is 161 cm³/mol. The number of hydrogen-bond acceptors (Lipinski definition) is 9. The summed E-state index contributed by atoms with van der Waals surface area (Å²) in [7, 11) is 0. The maximum atomic E-state index is 12.0. The van der Waals surface area contributed by atoms with Crippen molar-refractivity contribution >= 4 is 23.3 Å². The molecule has 41 heavy (non-hydrogen) atoms. The lowest BCUT2D eigenvalue weighted by Gasteiger charge is -2.09. The smallest absolute Gasteiger partial charge is 0.222 e. The summed E-state index contributed by atoms with van der Waals surface area (Å²) >= 11 is 0. The first-order valence-electron chi connectivity index (χ1n) is 13.4. The predicted octanol–water partition coefficient (Wildman–Crippen LogP) is 2.98. The van der Waals surface area contributed by atoms with Crippen molar-refractivity contribution in [1.82, 2.24) is 5.32 Å². The van der Waals surface area contributed by atoms with Crippen molar-refractivity contribution in [3.63, 3.8) is 0 Å². The number of amidine groups is 2. The van der Waals surface area contributed by atoms with Gasteiger partial charge in [0.05, 0.1) is 45.4 Å². The van der Waals surface area contributed by atoms with Crippen LogP contribution in [0.1, 0.15) is 45.3 Å². The van der Waals surface area contributed by atoms with Crippen LogP contribution in [-0.2, 0) is 37.0 Å². The van der Waals surface area contributed by atoms with E-state index in [9.17, 15) is 4.79 Å². The maximum Gasteiger partial charge on any atom is 0.222 e. The molecule has 0 saturated heterocycles. The molecule has 0 bridgehead atoms. The molecule has 1 amide bonds. The van der Waals surface area contributed by atoms with Gasteiger partial charge < -0.3 is 40.6 Å². The Morgan fingerprint density at radius 2 is 1.37 bits per heavy atom. The second-order valence-corrected chi connectivity index (χ2v) is 9.09. The second kappa shape index (κ2) is 20.0. The van der Waals surface area contributed by atoms with Crippen molar-refractivity contribution in [1.29, 1.82) is 0 Å². The van der Waals surface area contributed by atoms with Crippen LogP contribution in [0.3, 0.4) is 0 Å². The Hall–Kier alpha value is -4.00. The van der Waals surface area contributed by atoms with Gasteiger partial charge >= 0.3 is 0 Å². The van der Waals surface area contributed by atoms with Crippen LogP contribution in [0.15, 0.2) is 63.9 Å². The van der Waals surface area contributed by atoms with Crippen molar-refractivity contribution < 1.29 is 30.0 Å². The Balaban J connectivity index is 0.00000882. The molecule has 2 aromatic carbocycles. The van der Waals surface area contributed by atoms with E-state index < -0.39 is 0 Å². The summed E-state index contributed by atoms with van der Waals surface area (Å²) in [4.78, 5) is 17.3. The maximum absolute atomic E-state index is 12.0. The van der Waals surface area contributed by atoms with Gasteiger partial charge in [0.15, 0.2) is 5.84 Å². The molecule has 0 aliphatic carbocycles. The van der Waals surface area contributed by atoms with Gasteiger partial charge in [-0.1, -0.05) is 41.6 Å². The van der Waals surface area contributed by atoms with Crippen molar-refractivity contribution in [2.45, 2.75) is 40.3 Å². The van der Waals surface area contributed by atoms with Crippen LogP contribution in [-0.4, -0.2) is 69.5 Å². The topological polar surface area (TPSA) is 164 Å². The normalized spacial score (nSPS) is 11.7. The largest absolute Gasteiger partial charge is 0.491 e. The number of benzene rings is 2. The fourth-order valence-electron chi connectivity index (χ4n) is 3.12. The average Bonchev–Trinajstić information content (AvgIpc) is 2.96. The fourth-order valence-corrected chi connectivity index (χ4v) is 3.12. The van der Waals surface area contributed by atoms with Crippen molar-refractivity contribution in [2.24, 2.45) is 26.8 Å². The van der Waals surface area contributed by atoms with E-state index in [0.29, 0.717) is 65.2 Å². The van der Waals surface area contributed by atoms with Crippen LogP contribution in [0, 0.1) is 0 Å². The third kappa shape index (κ3) is 16.0. The minimum absolute atomic E-state index is 0. The molecule has 0 aliphatic heterocycles. The lowest BCUT2D eigenvalue weighted by atomic mass is 10.1. The number of carbonyl (C=O) groups excluding carboxylic acids is 1. The quantitative estimate of drug-likeness (QED) is 0.0943. The lowest BCUT2D eigenvalue weighted by Crippen LogP contribution is -2.24. The summed E-state index contributed by atoms with van der Waals surface area (Å²) in [5, 5.41) is 14.4. The summed E-state index contributed by atoms with van der Waals surface area (Å²) in [6.07, 6.45) is 0.265. The third-order valence-electron chi connectivity index (χ3n) is 5.17. The highest BCUT2D eigenvalue weighted by Gasteiger charge is 2.04. The van der Waals surface area contributed by atoms with E-state index in [0.717, 1.165) is 28.2 Å². The van der Waals surface area contributed by atoms with Crippen molar-refractivity contribution in [3.8, 4) is 5.75 Å². The minimum Gasteiger partial charge on any atom is -0.491 e. The first-order chi connectivity index (χ1) is 19.8. The second-order valence-electron chi connectivity index (χ2n) is 9.09. The van der Waals surface area contributed by atoms with E-state index in [1.807, 2.05) is 62.4 Å². The molecular weight excluding hydrogens is 528 g/mol. The molecule has 5 N–H and O–H groups in total. The van der Waals surface area contributed by atoms with E-state index in [1.54, 1.807) is 6.92 Å². The molecule has 0 radical (unpaired) electrons. The number of nitrogens with one attached hydrogen (secondary N) is 1. The molecule has 0 aromatic heterocycles. The Morgan fingerprint density at radius 3 is 1.98 bits per heavy atom. The lowest BCUT2D eigenvalue weighted by molar-refractivity contribution is -0.122. The van der Waals surface area contributed by atoms with Gasteiger partial charge in [-0.3, -0.25) is 4.79 Å². The van der Waals surface area contributed by atoms with Gasteiger partial charge in [-0.05, 0) is 44.0 Å². The van der Waals surface area contributed by atoms with E-state index in [1.165, 1.54) is 0 Å². The summed E-state index contributed by atoms with van der Waals surface area (Å²) < 4.78 is 22.1.